The average molecular weight is 288 g/mol. The fraction of sp³-hybridized carbons (Fsp3) is 0.500. The molecule has 6 nitrogen and oxygen atoms in total. The smallest absolute Gasteiger partial charge is 0.244 e. The van der Waals surface area contributed by atoms with Crippen LogP contribution in [-0.2, 0) is 21.3 Å². The molecular weight excluding hydrogens is 268 g/mol. The van der Waals surface area contributed by atoms with Crippen LogP contribution in [0.3, 0.4) is 0 Å². The minimum absolute atomic E-state index is 0.101. The van der Waals surface area contributed by atoms with Gasteiger partial charge in [0.25, 0.3) is 0 Å². The van der Waals surface area contributed by atoms with Gasteiger partial charge in [0.2, 0.25) is 10.0 Å². The van der Waals surface area contributed by atoms with Crippen LogP contribution in [0.5, 0.6) is 5.75 Å². The number of ether oxygens (including phenoxy) is 2. The molecule has 0 aromatic heterocycles. The lowest BCUT2D eigenvalue weighted by atomic mass is 10.2. The summed E-state index contributed by atoms with van der Waals surface area (Å²) in [6.45, 7) is 3.28. The van der Waals surface area contributed by atoms with Gasteiger partial charge in [-0.25, -0.2) is 13.1 Å². The van der Waals surface area contributed by atoms with Gasteiger partial charge in [0, 0.05) is 19.7 Å². The van der Waals surface area contributed by atoms with Crippen LogP contribution >= 0.6 is 0 Å². The Morgan fingerprint density at radius 2 is 2.11 bits per heavy atom. The number of hydrogen-bond acceptors (Lipinski definition) is 5. The lowest BCUT2D eigenvalue weighted by Crippen LogP contribution is -2.28. The summed E-state index contributed by atoms with van der Waals surface area (Å²) < 4.78 is 36.8. The maximum Gasteiger partial charge on any atom is 0.244 e. The SMILES string of the molecule is CCOCCNS(=O)(=O)c1ccc(CN)cc1OC. The summed E-state index contributed by atoms with van der Waals surface area (Å²) in [4.78, 5) is 0.101. The molecule has 0 spiro atoms. The molecule has 108 valence electrons. The number of nitrogens with two attached hydrogens (primary N) is 1. The van der Waals surface area contributed by atoms with E-state index in [9.17, 15) is 8.42 Å². The highest BCUT2D eigenvalue weighted by Crippen LogP contribution is 2.24. The van der Waals surface area contributed by atoms with Crippen molar-refractivity contribution >= 4 is 10.0 Å². The average Bonchev–Trinajstić information content (AvgIpc) is 2.42. The second kappa shape index (κ2) is 7.44. The first kappa shape index (κ1) is 15.9. The predicted octanol–water partition coefficient (Wildman–Crippen LogP) is 0.469. The van der Waals surface area contributed by atoms with Crippen molar-refractivity contribution in [3.05, 3.63) is 23.8 Å². The van der Waals surface area contributed by atoms with Crippen molar-refractivity contribution in [3.63, 3.8) is 0 Å². The molecule has 1 aromatic rings. The maximum absolute atomic E-state index is 12.1. The van der Waals surface area contributed by atoms with E-state index in [4.69, 9.17) is 15.2 Å². The molecule has 7 heteroatoms. The molecule has 19 heavy (non-hydrogen) atoms. The van der Waals surface area contributed by atoms with E-state index in [1.807, 2.05) is 6.92 Å². The zero-order chi connectivity index (χ0) is 14.3. The van der Waals surface area contributed by atoms with Crippen molar-refractivity contribution in [1.29, 1.82) is 0 Å². The summed E-state index contributed by atoms with van der Waals surface area (Å²) in [6.07, 6.45) is 0. The predicted molar refractivity (Wildman–Crippen MR) is 72.6 cm³/mol. The highest BCUT2D eigenvalue weighted by atomic mass is 32.2. The lowest BCUT2D eigenvalue weighted by molar-refractivity contribution is 0.153. The van der Waals surface area contributed by atoms with Crippen LogP contribution in [-0.4, -0.2) is 35.3 Å². The fourth-order valence-corrected chi connectivity index (χ4v) is 2.69. The molecule has 0 aliphatic carbocycles. The number of nitrogens with one attached hydrogen (secondary N) is 1. The van der Waals surface area contributed by atoms with E-state index in [1.165, 1.54) is 13.2 Å². The van der Waals surface area contributed by atoms with E-state index in [0.717, 1.165) is 5.56 Å². The first-order valence-electron chi connectivity index (χ1n) is 5.99. The largest absolute Gasteiger partial charge is 0.495 e. The van der Waals surface area contributed by atoms with Gasteiger partial charge >= 0.3 is 0 Å². The first-order chi connectivity index (χ1) is 9.05. The lowest BCUT2D eigenvalue weighted by Gasteiger charge is -2.11. The second-order valence-electron chi connectivity index (χ2n) is 3.78. The summed E-state index contributed by atoms with van der Waals surface area (Å²) in [5.74, 6) is 0.284. The molecule has 0 aliphatic heterocycles. The fourth-order valence-electron chi connectivity index (χ4n) is 1.53. The Balaban J connectivity index is 2.88. The molecule has 0 bridgehead atoms. The van der Waals surface area contributed by atoms with Crippen LogP contribution in [0.15, 0.2) is 23.1 Å². The maximum atomic E-state index is 12.1. The van der Waals surface area contributed by atoms with Crippen molar-refractivity contribution in [2.75, 3.05) is 26.9 Å². The summed E-state index contributed by atoms with van der Waals surface area (Å²) in [6, 6.07) is 4.78. The number of hydrogen-bond donors (Lipinski definition) is 2. The van der Waals surface area contributed by atoms with Gasteiger partial charge in [-0.1, -0.05) is 6.07 Å². The Hall–Kier alpha value is -1.15. The summed E-state index contributed by atoms with van der Waals surface area (Å²) in [5.41, 5.74) is 6.32. The Morgan fingerprint density at radius 1 is 1.37 bits per heavy atom. The van der Waals surface area contributed by atoms with Gasteiger partial charge in [0.05, 0.1) is 13.7 Å². The first-order valence-corrected chi connectivity index (χ1v) is 7.47. The van der Waals surface area contributed by atoms with Crippen LogP contribution in [0.4, 0.5) is 0 Å². The van der Waals surface area contributed by atoms with Crippen molar-refractivity contribution in [1.82, 2.24) is 4.72 Å². The van der Waals surface area contributed by atoms with Crippen LogP contribution in [0, 0.1) is 0 Å². The molecule has 0 unspecified atom stereocenters. The van der Waals surface area contributed by atoms with Crippen LogP contribution in [0.2, 0.25) is 0 Å². The van der Waals surface area contributed by atoms with Crippen LogP contribution in [0.1, 0.15) is 12.5 Å². The Bertz CT molecular complexity index is 502. The molecule has 0 heterocycles. The van der Waals surface area contributed by atoms with Gasteiger partial charge < -0.3 is 15.2 Å². The third-order valence-electron chi connectivity index (χ3n) is 2.50. The highest BCUT2D eigenvalue weighted by molar-refractivity contribution is 7.89. The molecule has 0 aliphatic rings. The molecule has 1 rings (SSSR count). The zero-order valence-electron chi connectivity index (χ0n) is 11.2. The number of methoxy groups -OCH3 is 1. The monoisotopic (exact) mass is 288 g/mol. The van der Waals surface area contributed by atoms with E-state index in [0.29, 0.717) is 19.8 Å². The quantitative estimate of drug-likeness (QED) is 0.679. The summed E-state index contributed by atoms with van der Waals surface area (Å²) in [5, 5.41) is 0. The molecule has 0 atom stereocenters. The van der Waals surface area contributed by atoms with Crippen molar-refractivity contribution < 1.29 is 17.9 Å². The Kier molecular flexibility index (Phi) is 6.23. The number of sulfonamides is 1. The van der Waals surface area contributed by atoms with E-state index >= 15 is 0 Å². The van der Waals surface area contributed by atoms with Gasteiger partial charge in [-0.05, 0) is 24.6 Å². The van der Waals surface area contributed by atoms with Crippen molar-refractivity contribution in [3.8, 4) is 5.75 Å². The van der Waals surface area contributed by atoms with Crippen molar-refractivity contribution in [2.45, 2.75) is 18.4 Å². The molecule has 3 N–H and O–H groups in total. The molecule has 0 amide bonds. The normalized spacial score (nSPS) is 11.5. The topological polar surface area (TPSA) is 90.7 Å². The molecule has 0 saturated carbocycles. The number of benzene rings is 1. The third kappa shape index (κ3) is 4.46. The second-order valence-corrected chi connectivity index (χ2v) is 5.52. The highest BCUT2D eigenvalue weighted by Gasteiger charge is 2.19. The molecule has 0 radical (unpaired) electrons. The van der Waals surface area contributed by atoms with E-state index < -0.39 is 10.0 Å². The Morgan fingerprint density at radius 3 is 2.68 bits per heavy atom. The van der Waals surface area contributed by atoms with Crippen LogP contribution < -0.4 is 15.2 Å². The van der Waals surface area contributed by atoms with Gasteiger partial charge in [-0.3, -0.25) is 0 Å². The Labute approximate surface area is 113 Å². The summed E-state index contributed by atoms with van der Waals surface area (Å²) in [7, 11) is -2.18. The molecule has 0 fully saturated rings. The van der Waals surface area contributed by atoms with Gasteiger partial charge in [0.15, 0.2) is 0 Å². The van der Waals surface area contributed by atoms with Gasteiger partial charge in [-0.15, -0.1) is 0 Å². The standard InChI is InChI=1S/C12H20N2O4S/c1-3-18-7-6-14-19(15,16)12-5-4-10(9-13)8-11(12)17-2/h4-5,8,14H,3,6-7,9,13H2,1-2H3. The third-order valence-corrected chi connectivity index (χ3v) is 4.00. The molecule has 0 saturated heterocycles. The van der Waals surface area contributed by atoms with Gasteiger partial charge in [-0.2, -0.15) is 0 Å². The van der Waals surface area contributed by atoms with Gasteiger partial charge in [0.1, 0.15) is 10.6 Å². The number of rotatable bonds is 8. The van der Waals surface area contributed by atoms with Crippen molar-refractivity contribution in [2.24, 2.45) is 5.73 Å². The van der Waals surface area contributed by atoms with E-state index in [-0.39, 0.29) is 17.2 Å². The summed E-state index contributed by atoms with van der Waals surface area (Å²) >= 11 is 0. The van der Waals surface area contributed by atoms with Crippen LogP contribution in [0.25, 0.3) is 0 Å². The minimum Gasteiger partial charge on any atom is -0.495 e. The zero-order valence-corrected chi connectivity index (χ0v) is 12.0. The molecule has 1 aromatic carbocycles. The van der Waals surface area contributed by atoms with E-state index in [2.05, 4.69) is 4.72 Å². The minimum atomic E-state index is -3.60. The molecular formula is C12H20N2O4S. The van der Waals surface area contributed by atoms with E-state index in [1.54, 1.807) is 12.1 Å².